The summed E-state index contributed by atoms with van der Waals surface area (Å²) in [5, 5.41) is 19.8. The van der Waals surface area contributed by atoms with Crippen LogP contribution in [-0.2, 0) is 9.59 Å². The minimum Gasteiger partial charge on any atom is -0.497 e. The van der Waals surface area contributed by atoms with E-state index in [-0.39, 0.29) is 10.2 Å². The van der Waals surface area contributed by atoms with Crippen LogP contribution in [0.25, 0.3) is 11.6 Å². The summed E-state index contributed by atoms with van der Waals surface area (Å²) in [6.45, 7) is 2.24. The van der Waals surface area contributed by atoms with Gasteiger partial charge in [0.15, 0.2) is 0 Å². The molecule has 0 spiro atoms. The van der Waals surface area contributed by atoms with Gasteiger partial charge in [-0.3, -0.25) is 4.48 Å². The first-order valence-electron chi connectivity index (χ1n) is 12.4. The third kappa shape index (κ3) is 4.99. The molecule has 0 bridgehead atoms. The Morgan fingerprint density at radius 2 is 1.61 bits per heavy atom. The van der Waals surface area contributed by atoms with E-state index in [0.717, 1.165) is 34.2 Å². The number of hydrogen-bond donors (Lipinski definition) is 2. The lowest BCUT2D eigenvalue weighted by Gasteiger charge is -2.45. The zero-order valence-corrected chi connectivity index (χ0v) is 21.0. The molecule has 3 aromatic carbocycles. The molecule has 8 nitrogen and oxygen atoms in total. The summed E-state index contributed by atoms with van der Waals surface area (Å²) in [7, 11) is 1.62. The smallest absolute Gasteiger partial charge is 0.390 e. The fourth-order valence-electron chi connectivity index (χ4n) is 5.26. The first-order chi connectivity index (χ1) is 18.4. The van der Waals surface area contributed by atoms with E-state index in [1.807, 2.05) is 78.9 Å². The Morgan fingerprint density at radius 1 is 0.947 bits per heavy atom. The normalized spacial score (nSPS) is 16.3. The molecular formula is C30H29N2O6+. The number of benzene rings is 3. The summed E-state index contributed by atoms with van der Waals surface area (Å²) in [5.74, 6) is -0.357. The highest BCUT2D eigenvalue weighted by atomic mass is 16.5. The second-order valence-electron chi connectivity index (χ2n) is 9.41. The fraction of sp³-hybridized carbons (Fsp3) is 0.200. The van der Waals surface area contributed by atoms with Crippen LogP contribution >= 0.6 is 0 Å². The van der Waals surface area contributed by atoms with Crippen LogP contribution in [0.15, 0.2) is 84.6 Å². The van der Waals surface area contributed by atoms with Gasteiger partial charge in [-0.15, -0.1) is 0 Å². The molecule has 38 heavy (non-hydrogen) atoms. The van der Waals surface area contributed by atoms with Gasteiger partial charge in [0.1, 0.15) is 36.9 Å². The molecule has 0 aromatic heterocycles. The van der Waals surface area contributed by atoms with Crippen molar-refractivity contribution in [1.82, 2.24) is 0 Å². The van der Waals surface area contributed by atoms with Crippen molar-refractivity contribution in [2.45, 2.75) is 0 Å². The number of carbonyl (C=O) groups is 2. The maximum absolute atomic E-state index is 12.5. The van der Waals surface area contributed by atoms with Gasteiger partial charge in [-0.1, -0.05) is 36.4 Å². The van der Waals surface area contributed by atoms with Crippen molar-refractivity contribution in [2.75, 3.05) is 44.7 Å². The van der Waals surface area contributed by atoms with E-state index in [2.05, 4.69) is 4.90 Å². The van der Waals surface area contributed by atoms with Crippen LogP contribution in [0.5, 0.6) is 17.2 Å². The van der Waals surface area contributed by atoms with Crippen LogP contribution in [0.3, 0.4) is 0 Å². The van der Waals surface area contributed by atoms with Crippen molar-refractivity contribution in [3.05, 3.63) is 95.7 Å². The van der Waals surface area contributed by atoms with Gasteiger partial charge in [0.05, 0.1) is 26.3 Å². The summed E-state index contributed by atoms with van der Waals surface area (Å²) in [5.41, 5.74) is 3.50. The molecule has 0 unspecified atom stereocenters. The zero-order chi connectivity index (χ0) is 26.7. The average Bonchev–Trinajstić information content (AvgIpc) is 3.08. The number of carboxylic acid groups (broad SMARTS) is 2. The summed E-state index contributed by atoms with van der Waals surface area (Å²) in [6, 6.07) is 23.1. The number of nitrogens with zero attached hydrogens (tertiary/aromatic N) is 2. The molecule has 0 radical (unpaired) electrons. The molecule has 0 atom stereocenters. The van der Waals surface area contributed by atoms with Crippen LogP contribution in [-0.4, -0.2) is 66.5 Å². The SMILES string of the molecule is COc1ccc(N2CC[N+](CC3=Cc4ccccc4Oc4ccccc43)(/C(=C/C(=O)O)C(=O)O)CC2)cc1. The van der Waals surface area contributed by atoms with Gasteiger partial charge in [0, 0.05) is 22.4 Å². The third-order valence-corrected chi connectivity index (χ3v) is 7.20. The molecule has 0 saturated carbocycles. The van der Waals surface area contributed by atoms with Crippen LogP contribution in [0.1, 0.15) is 11.1 Å². The molecule has 3 aromatic rings. The number of para-hydroxylation sites is 2. The Kier molecular flexibility index (Phi) is 6.89. The Hall–Kier alpha value is -4.56. The molecule has 1 fully saturated rings. The lowest BCUT2D eigenvalue weighted by molar-refractivity contribution is -0.881. The number of carboxylic acids is 2. The highest BCUT2D eigenvalue weighted by Gasteiger charge is 2.42. The minimum atomic E-state index is -1.28. The van der Waals surface area contributed by atoms with Gasteiger partial charge in [0.2, 0.25) is 5.70 Å². The van der Waals surface area contributed by atoms with E-state index < -0.39 is 11.9 Å². The number of aliphatic carboxylic acids is 2. The van der Waals surface area contributed by atoms with Crippen molar-refractivity contribution < 1.29 is 33.8 Å². The second kappa shape index (κ2) is 10.4. The molecule has 8 heteroatoms. The first-order valence-corrected chi connectivity index (χ1v) is 12.4. The lowest BCUT2D eigenvalue weighted by Crippen LogP contribution is -2.60. The zero-order valence-electron chi connectivity index (χ0n) is 21.0. The first kappa shape index (κ1) is 25.1. The van der Waals surface area contributed by atoms with Crippen LogP contribution in [0, 0.1) is 0 Å². The number of quaternary nitrogens is 1. The van der Waals surface area contributed by atoms with E-state index in [9.17, 15) is 19.8 Å². The summed E-state index contributed by atoms with van der Waals surface area (Å²) in [4.78, 5) is 26.4. The Labute approximate surface area is 220 Å². The maximum Gasteiger partial charge on any atom is 0.390 e. The number of ether oxygens (including phenoxy) is 2. The average molecular weight is 514 g/mol. The van der Waals surface area contributed by atoms with Gasteiger partial charge in [-0.05, 0) is 42.5 Å². The second-order valence-corrected chi connectivity index (χ2v) is 9.41. The van der Waals surface area contributed by atoms with Gasteiger partial charge in [-0.2, -0.15) is 0 Å². The van der Waals surface area contributed by atoms with Gasteiger partial charge in [0.25, 0.3) is 0 Å². The molecule has 2 N–H and O–H groups in total. The van der Waals surface area contributed by atoms with Crippen molar-refractivity contribution in [3.8, 4) is 17.2 Å². The van der Waals surface area contributed by atoms with Gasteiger partial charge in [-0.25, -0.2) is 9.59 Å². The van der Waals surface area contributed by atoms with Crippen molar-refractivity contribution in [3.63, 3.8) is 0 Å². The molecule has 1 saturated heterocycles. The van der Waals surface area contributed by atoms with E-state index in [1.54, 1.807) is 7.11 Å². The predicted molar refractivity (Wildman–Crippen MR) is 144 cm³/mol. The number of methoxy groups -OCH3 is 1. The summed E-state index contributed by atoms with van der Waals surface area (Å²) < 4.78 is 11.5. The lowest BCUT2D eigenvalue weighted by atomic mass is 9.99. The maximum atomic E-state index is 12.5. The highest BCUT2D eigenvalue weighted by Crippen LogP contribution is 2.40. The summed E-state index contributed by atoms with van der Waals surface area (Å²) in [6.07, 6.45) is 2.87. The van der Waals surface area contributed by atoms with Crippen molar-refractivity contribution in [1.29, 1.82) is 0 Å². The Bertz CT molecular complexity index is 1420. The Morgan fingerprint density at radius 3 is 2.26 bits per heavy atom. The topological polar surface area (TPSA) is 96.3 Å². The monoisotopic (exact) mass is 513 g/mol. The van der Waals surface area contributed by atoms with Gasteiger partial charge >= 0.3 is 11.9 Å². The van der Waals surface area contributed by atoms with Crippen molar-refractivity contribution >= 4 is 29.3 Å². The molecular weight excluding hydrogens is 484 g/mol. The number of anilines is 1. The molecule has 2 heterocycles. The molecule has 2 aliphatic heterocycles. The van der Waals surface area contributed by atoms with Crippen LogP contribution in [0.4, 0.5) is 5.69 Å². The largest absolute Gasteiger partial charge is 0.497 e. The quantitative estimate of drug-likeness (QED) is 0.348. The highest BCUT2D eigenvalue weighted by molar-refractivity contribution is 5.93. The molecule has 194 valence electrons. The Balaban J connectivity index is 1.55. The number of fused-ring (bicyclic) bond motifs is 2. The van der Waals surface area contributed by atoms with Crippen molar-refractivity contribution in [2.24, 2.45) is 0 Å². The third-order valence-electron chi connectivity index (χ3n) is 7.20. The molecule has 0 aliphatic carbocycles. The minimum absolute atomic E-state index is 0.00335. The van der Waals surface area contributed by atoms with Crippen LogP contribution < -0.4 is 14.4 Å². The number of piperazine rings is 1. The fourth-order valence-corrected chi connectivity index (χ4v) is 5.26. The van der Waals surface area contributed by atoms with E-state index in [1.165, 1.54) is 0 Å². The van der Waals surface area contributed by atoms with E-state index in [0.29, 0.717) is 44.2 Å². The number of hydrogen-bond acceptors (Lipinski definition) is 5. The van der Waals surface area contributed by atoms with E-state index in [4.69, 9.17) is 9.47 Å². The molecule has 2 aliphatic rings. The van der Waals surface area contributed by atoms with Gasteiger partial charge < -0.3 is 24.6 Å². The van der Waals surface area contributed by atoms with Crippen LogP contribution in [0.2, 0.25) is 0 Å². The molecule has 5 rings (SSSR count). The number of rotatable bonds is 7. The standard InChI is InChI=1S/C30H28N2O6/c1-37-24-12-10-23(11-13-24)31-14-16-32(17-15-31,26(30(35)36)19-29(33)34)20-22-18-21-6-2-4-8-27(21)38-28-9-5-3-7-25(22)28/h2-13,18-19H,14-17,20H2,1H3,(H-,33,34,35,36)/p+1/b26-19+. The molecule has 0 amide bonds. The summed E-state index contributed by atoms with van der Waals surface area (Å²) >= 11 is 0. The predicted octanol–water partition coefficient (Wildman–Crippen LogP) is 4.73. The van der Waals surface area contributed by atoms with E-state index >= 15 is 0 Å².